The molecule has 0 aliphatic heterocycles. The van der Waals surface area contributed by atoms with E-state index in [2.05, 4.69) is 10.6 Å². The van der Waals surface area contributed by atoms with Crippen LogP contribution < -0.4 is 10.6 Å². The Morgan fingerprint density at radius 1 is 1.00 bits per heavy atom. The topological polar surface area (TPSA) is 41.1 Å². The first kappa shape index (κ1) is 17.6. The molecular weight excluding hydrogens is 317 g/mol. The van der Waals surface area contributed by atoms with Crippen LogP contribution in [0.5, 0.6) is 0 Å². The zero-order valence-corrected chi connectivity index (χ0v) is 13.0. The largest absolute Gasteiger partial charge is 0.432 e. The molecule has 0 saturated carbocycles. The predicted octanol–water partition coefficient (Wildman–Crippen LogP) is 4.17. The second-order valence-electron chi connectivity index (χ2n) is 5.17. The van der Waals surface area contributed by atoms with Gasteiger partial charge in [0.25, 0.3) is 5.91 Å². The molecule has 2 aromatic rings. The van der Waals surface area contributed by atoms with Crippen LogP contribution in [0.3, 0.4) is 0 Å². The molecule has 0 bridgehead atoms. The molecule has 0 aliphatic rings. The molecule has 0 aliphatic carbocycles. The van der Waals surface area contributed by atoms with E-state index in [-0.39, 0.29) is 5.56 Å². The fourth-order valence-corrected chi connectivity index (χ4v) is 2.07. The lowest BCUT2D eigenvalue weighted by Gasteiger charge is -2.20. The smallest absolute Gasteiger partial charge is 0.373 e. The van der Waals surface area contributed by atoms with Crippen molar-refractivity contribution >= 4 is 5.91 Å². The Hall–Kier alpha value is -2.76. The van der Waals surface area contributed by atoms with Crippen molar-refractivity contribution in [2.45, 2.75) is 19.1 Å². The van der Waals surface area contributed by atoms with Gasteiger partial charge in [0.1, 0.15) is 5.70 Å². The van der Waals surface area contributed by atoms with E-state index in [4.69, 9.17) is 0 Å². The maximum absolute atomic E-state index is 13.2. The van der Waals surface area contributed by atoms with E-state index in [1.807, 2.05) is 0 Å². The van der Waals surface area contributed by atoms with Gasteiger partial charge >= 0.3 is 6.18 Å². The Bertz CT molecular complexity index is 697. The third-order valence-electron chi connectivity index (χ3n) is 3.36. The van der Waals surface area contributed by atoms with Gasteiger partial charge in [-0.25, -0.2) is 0 Å². The van der Waals surface area contributed by atoms with Crippen LogP contribution in [0.4, 0.5) is 13.2 Å². The average Bonchev–Trinajstić information content (AvgIpc) is 2.58. The van der Waals surface area contributed by atoms with Crippen LogP contribution in [0, 0.1) is 0 Å². The van der Waals surface area contributed by atoms with E-state index in [9.17, 15) is 18.0 Å². The fourth-order valence-electron chi connectivity index (χ4n) is 2.07. The molecule has 2 N–H and O–H groups in total. The molecule has 3 nitrogen and oxygen atoms in total. The van der Waals surface area contributed by atoms with E-state index in [0.29, 0.717) is 11.8 Å². The van der Waals surface area contributed by atoms with Crippen molar-refractivity contribution in [3.63, 3.8) is 0 Å². The summed E-state index contributed by atoms with van der Waals surface area (Å²) in [7, 11) is 0. The highest BCUT2D eigenvalue weighted by Crippen LogP contribution is 2.26. The predicted molar refractivity (Wildman–Crippen MR) is 86.0 cm³/mol. The third-order valence-corrected chi connectivity index (χ3v) is 3.36. The summed E-state index contributed by atoms with van der Waals surface area (Å²) in [6.07, 6.45) is -3.94. The van der Waals surface area contributed by atoms with Crippen molar-refractivity contribution in [3.05, 3.63) is 83.7 Å². The molecule has 1 atom stereocenters. The van der Waals surface area contributed by atoms with Crippen LogP contribution in [0.2, 0.25) is 0 Å². The zero-order valence-electron chi connectivity index (χ0n) is 13.0. The molecule has 0 fully saturated rings. The summed E-state index contributed by atoms with van der Waals surface area (Å²) in [5.41, 5.74) is -0.0171. The Morgan fingerprint density at radius 3 is 2.08 bits per heavy atom. The number of amides is 1. The number of hydrogen-bond donors (Lipinski definition) is 2. The summed E-state index contributed by atoms with van der Waals surface area (Å²) in [5, 5.41) is 4.58. The van der Waals surface area contributed by atoms with Gasteiger partial charge in [-0.2, -0.15) is 13.2 Å². The summed E-state index contributed by atoms with van der Waals surface area (Å²) in [6.45, 7) is 1.62. The van der Waals surface area contributed by atoms with Gasteiger partial charge in [0.15, 0.2) is 0 Å². The van der Waals surface area contributed by atoms with Gasteiger partial charge in [0.05, 0.1) is 0 Å². The van der Waals surface area contributed by atoms with E-state index < -0.39 is 23.8 Å². The lowest BCUT2D eigenvalue weighted by atomic mass is 10.1. The number of halogens is 3. The number of carbonyl (C=O) groups is 1. The van der Waals surface area contributed by atoms with E-state index >= 15 is 0 Å². The maximum atomic E-state index is 13.2. The standard InChI is InChI=1S/C18H17F3N2O/c1-13(14-8-4-2-5-9-14)23-16(18(19,20)21)12-22-17(24)15-10-6-3-7-11-15/h2-13,23H,1H3,(H,22,24)/b16-12-. The van der Waals surface area contributed by atoms with E-state index in [1.165, 1.54) is 12.1 Å². The number of nitrogens with one attached hydrogen (secondary N) is 2. The van der Waals surface area contributed by atoms with Crippen molar-refractivity contribution in [1.29, 1.82) is 0 Å². The quantitative estimate of drug-likeness (QED) is 0.862. The minimum atomic E-state index is -4.60. The van der Waals surface area contributed by atoms with Crippen molar-refractivity contribution in [3.8, 4) is 0 Å². The van der Waals surface area contributed by atoms with Crippen LogP contribution in [-0.2, 0) is 0 Å². The molecule has 0 aromatic heterocycles. The van der Waals surface area contributed by atoms with Gasteiger partial charge in [0.2, 0.25) is 0 Å². The molecule has 0 saturated heterocycles. The minimum Gasteiger partial charge on any atom is -0.373 e. The molecule has 0 radical (unpaired) electrons. The average molecular weight is 334 g/mol. The number of alkyl halides is 3. The minimum absolute atomic E-state index is 0.284. The normalized spacial score (nSPS) is 13.2. The van der Waals surface area contributed by atoms with E-state index in [1.54, 1.807) is 55.5 Å². The third kappa shape index (κ3) is 4.87. The monoisotopic (exact) mass is 334 g/mol. The summed E-state index contributed by atoms with van der Waals surface area (Å²) >= 11 is 0. The van der Waals surface area contributed by atoms with Gasteiger partial charge in [-0.05, 0) is 24.6 Å². The number of hydrogen-bond acceptors (Lipinski definition) is 2. The van der Waals surface area contributed by atoms with Crippen LogP contribution in [0.25, 0.3) is 0 Å². The molecule has 2 aromatic carbocycles. The molecule has 126 valence electrons. The molecule has 2 rings (SSSR count). The van der Waals surface area contributed by atoms with Crippen LogP contribution in [0.1, 0.15) is 28.9 Å². The highest BCUT2D eigenvalue weighted by Gasteiger charge is 2.35. The molecule has 0 spiro atoms. The molecular formula is C18H17F3N2O. The van der Waals surface area contributed by atoms with Crippen LogP contribution >= 0.6 is 0 Å². The Morgan fingerprint density at radius 2 is 1.54 bits per heavy atom. The molecule has 0 heterocycles. The van der Waals surface area contributed by atoms with Gasteiger partial charge in [0, 0.05) is 17.8 Å². The van der Waals surface area contributed by atoms with Crippen molar-refractivity contribution < 1.29 is 18.0 Å². The fraction of sp³-hybridized carbons (Fsp3) is 0.167. The van der Waals surface area contributed by atoms with Crippen molar-refractivity contribution in [2.24, 2.45) is 0 Å². The van der Waals surface area contributed by atoms with Crippen molar-refractivity contribution in [1.82, 2.24) is 10.6 Å². The van der Waals surface area contributed by atoms with Gasteiger partial charge in [-0.1, -0.05) is 48.5 Å². The molecule has 6 heteroatoms. The SMILES string of the molecule is CC(N/C(=C\NC(=O)c1ccccc1)C(F)(F)F)c1ccccc1. The highest BCUT2D eigenvalue weighted by molar-refractivity contribution is 5.94. The maximum Gasteiger partial charge on any atom is 0.432 e. The van der Waals surface area contributed by atoms with E-state index in [0.717, 1.165) is 0 Å². The molecule has 24 heavy (non-hydrogen) atoms. The van der Waals surface area contributed by atoms with Gasteiger partial charge in [-0.15, -0.1) is 0 Å². The zero-order chi connectivity index (χ0) is 17.6. The van der Waals surface area contributed by atoms with Gasteiger partial charge in [-0.3, -0.25) is 4.79 Å². The highest BCUT2D eigenvalue weighted by atomic mass is 19.4. The first-order valence-electron chi connectivity index (χ1n) is 7.32. The Kier molecular flexibility index (Phi) is 5.63. The Labute approximate surface area is 138 Å². The summed E-state index contributed by atoms with van der Waals surface area (Å²) in [5.74, 6) is -0.605. The number of benzene rings is 2. The second kappa shape index (κ2) is 7.68. The lowest BCUT2D eigenvalue weighted by molar-refractivity contribution is -0.0980. The number of carbonyl (C=O) groups excluding carboxylic acids is 1. The van der Waals surface area contributed by atoms with Crippen molar-refractivity contribution in [2.75, 3.05) is 0 Å². The Balaban J connectivity index is 2.12. The van der Waals surface area contributed by atoms with Crippen LogP contribution in [0.15, 0.2) is 72.6 Å². The number of allylic oxidation sites excluding steroid dienone is 1. The van der Waals surface area contributed by atoms with Gasteiger partial charge < -0.3 is 10.6 Å². The summed E-state index contributed by atoms with van der Waals surface area (Å²) < 4.78 is 39.5. The first-order chi connectivity index (χ1) is 11.4. The molecule has 1 unspecified atom stereocenters. The summed E-state index contributed by atoms with van der Waals surface area (Å²) in [4.78, 5) is 11.9. The molecule has 1 amide bonds. The van der Waals surface area contributed by atoms with Crippen LogP contribution in [-0.4, -0.2) is 12.1 Å². The second-order valence-corrected chi connectivity index (χ2v) is 5.17. The number of rotatable bonds is 5. The summed E-state index contributed by atoms with van der Waals surface area (Å²) in [6, 6.07) is 16.2. The lowest BCUT2D eigenvalue weighted by Crippen LogP contribution is -2.31. The first-order valence-corrected chi connectivity index (χ1v) is 7.32.